The van der Waals surface area contributed by atoms with E-state index in [9.17, 15) is 10.1 Å². The van der Waals surface area contributed by atoms with Crippen LogP contribution in [0.25, 0.3) is 10.9 Å². The van der Waals surface area contributed by atoms with Crippen molar-refractivity contribution in [2.45, 2.75) is 11.6 Å². The Morgan fingerprint density at radius 1 is 1.47 bits per heavy atom. The average Bonchev–Trinajstić information content (AvgIpc) is 2.38. The first-order valence-corrected chi connectivity index (χ1v) is 8.70. The monoisotopic (exact) mass is 385 g/mol. The fourth-order valence-electron chi connectivity index (χ4n) is 1.70. The van der Waals surface area contributed by atoms with Crippen molar-refractivity contribution in [2.24, 2.45) is 0 Å². The molecule has 7 heteroatoms. The van der Waals surface area contributed by atoms with Crippen LogP contribution < -0.4 is 4.35 Å². The summed E-state index contributed by atoms with van der Waals surface area (Å²) in [7, 11) is 0. The summed E-state index contributed by atoms with van der Waals surface area (Å²) in [6.45, 7) is 0.123. The van der Waals surface area contributed by atoms with E-state index in [-0.39, 0.29) is 33.0 Å². The summed E-state index contributed by atoms with van der Waals surface area (Å²) < 4.78 is 1.69. The van der Waals surface area contributed by atoms with Gasteiger partial charge in [-0.1, -0.05) is 0 Å². The number of aromatic nitrogens is 1. The third-order valence-corrected chi connectivity index (χ3v) is 5.84. The molecule has 2 rings (SSSR count). The van der Waals surface area contributed by atoms with Gasteiger partial charge >= 0.3 is 125 Å². The molecule has 0 amide bonds. The second kappa shape index (κ2) is 6.46. The van der Waals surface area contributed by atoms with Gasteiger partial charge in [-0.15, -0.1) is 0 Å². The first-order chi connectivity index (χ1) is 9.13. The van der Waals surface area contributed by atoms with Gasteiger partial charge in [-0.3, -0.25) is 0 Å². The van der Waals surface area contributed by atoms with Gasteiger partial charge in [0.15, 0.2) is 0 Å². The Bertz CT molecular complexity index is 621. The quantitative estimate of drug-likeness (QED) is 0.370. The number of hydrogen-bond acceptors (Lipinski definition) is 4. The molecule has 0 unspecified atom stereocenters. The minimum atomic E-state index is -0.377. The molecule has 1 N–H and O–H groups in total. The Morgan fingerprint density at radius 3 is 2.95 bits per heavy atom. The van der Waals surface area contributed by atoms with Gasteiger partial charge in [0.05, 0.1) is 0 Å². The van der Waals surface area contributed by atoms with Crippen molar-refractivity contribution in [1.82, 2.24) is 4.98 Å². The number of rotatable bonds is 5. The van der Waals surface area contributed by atoms with Crippen LogP contribution in [-0.4, -0.2) is 37.4 Å². The van der Waals surface area contributed by atoms with Crippen molar-refractivity contribution in [2.75, 3.05) is 6.61 Å². The Morgan fingerprint density at radius 2 is 2.26 bits per heavy atom. The number of nitro groups is 1. The number of aliphatic hydroxyl groups excluding tert-OH is 1. The molecular weight excluding hydrogens is 375 g/mol. The fourth-order valence-corrected chi connectivity index (χ4v) is 4.54. The first kappa shape index (κ1) is 14.4. The zero-order valence-corrected chi connectivity index (χ0v) is 13.4. The normalized spacial score (nSPS) is 11.5. The van der Waals surface area contributed by atoms with Crippen LogP contribution in [0.1, 0.15) is 6.42 Å². The number of halogens is 1. The van der Waals surface area contributed by atoms with Gasteiger partial charge in [0, 0.05) is 0 Å². The number of fused-ring (bicyclic) bond motifs is 1. The topological polar surface area (TPSA) is 76.3 Å². The molecule has 0 aliphatic rings. The molecule has 0 saturated carbocycles. The van der Waals surface area contributed by atoms with E-state index in [0.717, 1.165) is 24.9 Å². The van der Waals surface area contributed by atoms with Gasteiger partial charge in [0.1, 0.15) is 0 Å². The molecule has 1 aromatic heterocycles. The summed E-state index contributed by atoms with van der Waals surface area (Å²) in [5.41, 5.74) is 0.849. The minimum absolute atomic E-state index is 0.0905. The van der Waals surface area contributed by atoms with Crippen molar-refractivity contribution in [3.8, 4) is 0 Å². The first-order valence-electron chi connectivity index (χ1n) is 5.64. The number of hydrogen-bond donors (Lipinski definition) is 1. The standard InChI is InChI=1S/C12H11AsBrN2O3/c14-8-2-3-9-10(6-8)15-7-11(16(18)19)12(9)13-4-1-5-17/h2-3,6-7,17H,1,4-5H2. The van der Waals surface area contributed by atoms with Crippen molar-refractivity contribution in [3.05, 3.63) is 39.0 Å². The maximum atomic E-state index is 11.1. The number of nitrogens with zero attached hydrogens (tertiary/aromatic N) is 2. The number of benzene rings is 1. The predicted molar refractivity (Wildman–Crippen MR) is 78.0 cm³/mol. The van der Waals surface area contributed by atoms with Crippen LogP contribution in [0.4, 0.5) is 5.69 Å². The van der Waals surface area contributed by atoms with Gasteiger partial charge in [-0.25, -0.2) is 0 Å². The van der Waals surface area contributed by atoms with E-state index in [1.54, 1.807) is 0 Å². The summed E-state index contributed by atoms with van der Waals surface area (Å²) in [4.78, 5) is 14.9. The van der Waals surface area contributed by atoms with Crippen LogP contribution in [0.3, 0.4) is 0 Å². The molecule has 0 aliphatic carbocycles. The number of aliphatic hydroxyl groups is 1. The Labute approximate surface area is 125 Å². The summed E-state index contributed by atoms with van der Waals surface area (Å²) in [5, 5.41) is 21.6. The van der Waals surface area contributed by atoms with Gasteiger partial charge in [0.25, 0.3) is 0 Å². The van der Waals surface area contributed by atoms with Gasteiger partial charge < -0.3 is 0 Å². The van der Waals surface area contributed by atoms with Crippen LogP contribution in [0.2, 0.25) is 5.21 Å². The van der Waals surface area contributed by atoms with Gasteiger partial charge in [-0.05, 0) is 0 Å². The van der Waals surface area contributed by atoms with Gasteiger partial charge in [0.2, 0.25) is 0 Å². The average molecular weight is 386 g/mol. The number of pyridine rings is 1. The second-order valence-electron chi connectivity index (χ2n) is 3.87. The summed E-state index contributed by atoms with van der Waals surface area (Å²) in [6.07, 6.45) is 2.01. The molecule has 19 heavy (non-hydrogen) atoms. The van der Waals surface area contributed by atoms with Crippen molar-refractivity contribution in [1.29, 1.82) is 0 Å². The molecule has 1 heterocycles. The maximum absolute atomic E-state index is 11.1. The zero-order valence-electron chi connectivity index (χ0n) is 9.91. The van der Waals surface area contributed by atoms with Crippen LogP contribution >= 0.6 is 15.9 Å². The van der Waals surface area contributed by atoms with Crippen molar-refractivity contribution < 1.29 is 10.0 Å². The fraction of sp³-hybridized carbons (Fsp3) is 0.250. The Kier molecular flexibility index (Phi) is 4.91. The molecule has 0 fully saturated rings. The van der Waals surface area contributed by atoms with E-state index >= 15 is 0 Å². The van der Waals surface area contributed by atoms with Crippen LogP contribution in [0.5, 0.6) is 0 Å². The van der Waals surface area contributed by atoms with E-state index in [4.69, 9.17) is 5.11 Å². The van der Waals surface area contributed by atoms with E-state index in [0.29, 0.717) is 6.42 Å². The van der Waals surface area contributed by atoms with E-state index in [2.05, 4.69) is 20.9 Å². The Balaban J connectivity index is 2.52. The molecule has 0 aliphatic heterocycles. The zero-order chi connectivity index (χ0) is 13.8. The van der Waals surface area contributed by atoms with Crippen LogP contribution in [-0.2, 0) is 0 Å². The predicted octanol–water partition coefficient (Wildman–Crippen LogP) is 2.04. The van der Waals surface area contributed by atoms with E-state index < -0.39 is 0 Å². The molecule has 1 radical (unpaired) electrons. The van der Waals surface area contributed by atoms with Crippen molar-refractivity contribution >= 4 is 52.6 Å². The molecule has 0 bridgehead atoms. The molecular formula is C12H11AsBrN2O3. The van der Waals surface area contributed by atoms with Gasteiger partial charge in [-0.2, -0.15) is 0 Å². The van der Waals surface area contributed by atoms with E-state index in [1.807, 2.05) is 18.2 Å². The van der Waals surface area contributed by atoms with Crippen LogP contribution in [0.15, 0.2) is 28.9 Å². The molecule has 1 aromatic carbocycles. The molecule has 99 valence electrons. The summed E-state index contributed by atoms with van der Waals surface area (Å²) in [6, 6.07) is 5.59. The SMILES string of the molecule is O=[N+]([O-])c1cnc2cc(Br)ccc2c1[As]CCCO. The van der Waals surface area contributed by atoms with Crippen LogP contribution in [0, 0.1) is 10.1 Å². The second-order valence-corrected chi connectivity index (χ2v) is 7.33. The third-order valence-electron chi connectivity index (χ3n) is 2.57. The summed E-state index contributed by atoms with van der Waals surface area (Å²) >= 11 is 3.02. The molecule has 0 saturated heterocycles. The molecule has 5 nitrogen and oxygen atoms in total. The molecule has 2 aromatic rings. The Hall–Kier alpha value is -0.972. The van der Waals surface area contributed by atoms with E-state index in [1.165, 1.54) is 6.20 Å². The van der Waals surface area contributed by atoms with Crippen molar-refractivity contribution in [3.63, 3.8) is 0 Å². The molecule has 0 atom stereocenters. The third kappa shape index (κ3) is 3.32. The molecule has 0 spiro atoms. The summed E-state index contributed by atoms with van der Waals surface area (Å²) in [5.74, 6) is 0.